The second-order valence-electron chi connectivity index (χ2n) is 9.75. The Hall–Kier alpha value is -4.31. The van der Waals surface area contributed by atoms with Gasteiger partial charge in [-0.05, 0) is 40.7 Å². The van der Waals surface area contributed by atoms with E-state index in [0.29, 0.717) is 17.9 Å². The van der Waals surface area contributed by atoms with Gasteiger partial charge in [0.1, 0.15) is 23.0 Å². The normalized spacial score (nSPS) is 11.7. The molecule has 0 aliphatic carbocycles. The smallest absolute Gasteiger partial charge is 0.434 e. The summed E-state index contributed by atoms with van der Waals surface area (Å²) in [7, 11) is 0. The molecule has 3 heterocycles. The van der Waals surface area contributed by atoms with Gasteiger partial charge in [0.25, 0.3) is 0 Å². The number of nitrogens with zero attached hydrogens (tertiary/aromatic N) is 4. The molecule has 4 N–H and O–H groups in total. The lowest BCUT2D eigenvalue weighted by atomic mass is 9.97. The van der Waals surface area contributed by atoms with Crippen LogP contribution in [0.4, 0.5) is 23.8 Å². The van der Waals surface area contributed by atoms with Crippen LogP contribution in [0.3, 0.4) is 0 Å². The van der Waals surface area contributed by atoms with Crippen LogP contribution in [-0.4, -0.2) is 79.8 Å². The number of ether oxygens (including phenoxy) is 1. The van der Waals surface area contributed by atoms with E-state index in [-0.39, 0.29) is 58.4 Å². The number of carboxylic acid groups (broad SMARTS) is 2. The molecule has 3 rings (SSSR count). The Morgan fingerprint density at radius 1 is 1.05 bits per heavy atom. The summed E-state index contributed by atoms with van der Waals surface area (Å²) in [5, 5.41) is 24.9. The summed E-state index contributed by atoms with van der Waals surface area (Å²) in [5.41, 5.74) is -2.72. The topological polar surface area (TPSA) is 167 Å². The number of amides is 2. The van der Waals surface area contributed by atoms with Crippen molar-refractivity contribution < 1.29 is 42.5 Å². The highest BCUT2D eigenvalue weighted by Crippen LogP contribution is 2.43. The number of carbonyl (C=O) groups is 3. The summed E-state index contributed by atoms with van der Waals surface area (Å²) in [6.07, 6.45) is -2.68. The molecule has 0 spiro atoms. The number of rotatable bonds is 12. The number of alkyl halides is 3. The van der Waals surface area contributed by atoms with Crippen molar-refractivity contribution in [2.24, 2.45) is 0 Å². The molecular formula is C27H31F3N6O6S. The molecule has 0 aromatic carbocycles. The van der Waals surface area contributed by atoms with Gasteiger partial charge in [0.15, 0.2) is 5.69 Å². The van der Waals surface area contributed by atoms with Gasteiger partial charge in [-0.3, -0.25) is 10.2 Å². The third-order valence-electron chi connectivity index (χ3n) is 6.17. The highest BCUT2D eigenvalue weighted by Gasteiger charge is 2.35. The van der Waals surface area contributed by atoms with Gasteiger partial charge < -0.3 is 20.3 Å². The maximum Gasteiger partial charge on any atom is 0.434 e. The molecule has 3 aromatic heterocycles. The maximum atomic E-state index is 13.5. The second-order valence-corrected chi connectivity index (χ2v) is 10.6. The first-order valence-corrected chi connectivity index (χ1v) is 14.0. The summed E-state index contributed by atoms with van der Waals surface area (Å²) in [6.45, 7) is 10.4. The van der Waals surface area contributed by atoms with Crippen molar-refractivity contribution >= 4 is 35.1 Å². The fraction of sp³-hybridized carbons (Fsp3) is 0.407. The van der Waals surface area contributed by atoms with E-state index in [0.717, 1.165) is 23.8 Å². The maximum absolute atomic E-state index is 13.5. The Morgan fingerprint density at radius 3 is 2.26 bits per heavy atom. The number of halogens is 3. The van der Waals surface area contributed by atoms with E-state index in [1.165, 1.54) is 0 Å². The van der Waals surface area contributed by atoms with Crippen LogP contribution in [0.15, 0.2) is 23.8 Å². The first-order valence-electron chi connectivity index (χ1n) is 13.1. The van der Waals surface area contributed by atoms with Crippen LogP contribution in [0.5, 0.6) is 5.88 Å². The standard InChI is InChI=1S/C27H31F3N6O6S/c1-6-31-26(41)35-21-20(25(39)40)19(23-34-18(12-43-23)27(28,29)30)17(11-32-21)16-9-15(24(37)38)10-33-22(16)42-8-7-36(13(2)3)14(4)5/h9-14H,6-8H2,1-5H3,(H,37,38)(H,39,40)(H2,31,32,35,41). The van der Waals surface area contributed by atoms with Crippen LogP contribution < -0.4 is 15.4 Å². The number of carboxylic acids is 2. The number of nitrogens with one attached hydrogen (secondary N) is 2. The number of pyridine rings is 2. The first kappa shape index (κ1) is 33.2. The number of thiazole rings is 1. The molecule has 0 saturated carbocycles. The average molecular weight is 625 g/mol. The second kappa shape index (κ2) is 13.8. The zero-order valence-corrected chi connectivity index (χ0v) is 24.8. The fourth-order valence-corrected chi connectivity index (χ4v) is 5.20. The minimum Gasteiger partial charge on any atom is -0.478 e. The molecule has 3 aromatic rings. The van der Waals surface area contributed by atoms with Crippen LogP contribution in [0.2, 0.25) is 0 Å². The third-order valence-corrected chi connectivity index (χ3v) is 7.03. The van der Waals surface area contributed by atoms with Gasteiger partial charge in [-0.1, -0.05) is 0 Å². The van der Waals surface area contributed by atoms with E-state index in [9.17, 15) is 37.8 Å². The van der Waals surface area contributed by atoms with Gasteiger partial charge in [0.05, 0.1) is 5.56 Å². The van der Waals surface area contributed by atoms with Gasteiger partial charge in [-0.25, -0.2) is 29.3 Å². The zero-order chi connectivity index (χ0) is 32.1. The summed E-state index contributed by atoms with van der Waals surface area (Å²) in [4.78, 5) is 50.7. The van der Waals surface area contributed by atoms with E-state index < -0.39 is 41.2 Å². The van der Waals surface area contributed by atoms with Crippen molar-refractivity contribution in [3.05, 3.63) is 40.7 Å². The van der Waals surface area contributed by atoms with Crippen LogP contribution in [0.1, 0.15) is 61.0 Å². The van der Waals surface area contributed by atoms with Crippen molar-refractivity contribution in [3.8, 4) is 27.6 Å². The molecule has 0 aliphatic rings. The number of urea groups is 1. The Morgan fingerprint density at radius 2 is 1.72 bits per heavy atom. The number of hydrogen-bond donors (Lipinski definition) is 4. The summed E-state index contributed by atoms with van der Waals surface area (Å²) in [5.74, 6) is -3.56. The molecule has 0 aliphatic heterocycles. The number of anilines is 1. The van der Waals surface area contributed by atoms with Crippen LogP contribution in [0.25, 0.3) is 21.7 Å². The van der Waals surface area contributed by atoms with Gasteiger partial charge in [0.2, 0.25) is 5.88 Å². The summed E-state index contributed by atoms with van der Waals surface area (Å²) in [6, 6.07) is 0.716. The van der Waals surface area contributed by atoms with Crippen LogP contribution in [0, 0.1) is 0 Å². The first-order chi connectivity index (χ1) is 20.1. The number of carbonyl (C=O) groups excluding carboxylic acids is 1. The number of hydrogen-bond acceptors (Lipinski definition) is 9. The SMILES string of the molecule is CCNC(=O)Nc1ncc(-c2cc(C(=O)O)cnc2OCCN(C(C)C)C(C)C)c(-c2nc(C(F)(F)F)cs2)c1C(=O)O. The zero-order valence-electron chi connectivity index (χ0n) is 23.9. The van der Waals surface area contributed by atoms with Crippen molar-refractivity contribution in [3.63, 3.8) is 0 Å². The van der Waals surface area contributed by atoms with E-state index in [1.54, 1.807) is 6.92 Å². The molecule has 0 fully saturated rings. The van der Waals surface area contributed by atoms with Gasteiger partial charge in [0, 0.05) is 59.6 Å². The molecule has 0 radical (unpaired) electrons. The largest absolute Gasteiger partial charge is 0.478 e. The lowest BCUT2D eigenvalue weighted by Gasteiger charge is -2.30. The summed E-state index contributed by atoms with van der Waals surface area (Å²) >= 11 is 0.518. The molecular weight excluding hydrogens is 593 g/mol. The predicted octanol–water partition coefficient (Wildman–Crippen LogP) is 5.32. The average Bonchev–Trinajstić information content (AvgIpc) is 3.41. The third kappa shape index (κ3) is 7.95. The molecule has 0 bridgehead atoms. The molecule has 0 saturated heterocycles. The van der Waals surface area contributed by atoms with E-state index >= 15 is 0 Å². The minimum atomic E-state index is -4.83. The van der Waals surface area contributed by atoms with E-state index in [1.807, 2.05) is 27.7 Å². The van der Waals surface area contributed by atoms with Crippen molar-refractivity contribution in [1.82, 2.24) is 25.2 Å². The van der Waals surface area contributed by atoms with Gasteiger partial charge >= 0.3 is 24.1 Å². The molecule has 16 heteroatoms. The lowest BCUT2D eigenvalue weighted by molar-refractivity contribution is -0.140. The quantitative estimate of drug-likeness (QED) is 0.207. The monoisotopic (exact) mass is 624 g/mol. The summed E-state index contributed by atoms with van der Waals surface area (Å²) < 4.78 is 46.5. The Kier molecular flexibility index (Phi) is 10.6. The lowest BCUT2D eigenvalue weighted by Crippen LogP contribution is -2.39. The van der Waals surface area contributed by atoms with E-state index in [2.05, 4.69) is 30.5 Å². The number of aromatic nitrogens is 3. The van der Waals surface area contributed by atoms with Crippen molar-refractivity contribution in [2.45, 2.75) is 52.9 Å². The fourth-order valence-electron chi connectivity index (χ4n) is 4.31. The molecule has 232 valence electrons. The number of aromatic carboxylic acids is 2. The predicted molar refractivity (Wildman–Crippen MR) is 153 cm³/mol. The molecule has 0 atom stereocenters. The Labute approximate surface area is 248 Å². The van der Waals surface area contributed by atoms with Crippen molar-refractivity contribution in [2.75, 3.05) is 25.0 Å². The van der Waals surface area contributed by atoms with Gasteiger partial charge in [-0.2, -0.15) is 13.2 Å². The van der Waals surface area contributed by atoms with E-state index in [4.69, 9.17) is 4.74 Å². The minimum absolute atomic E-state index is 0.0427. The highest BCUT2D eigenvalue weighted by molar-refractivity contribution is 7.13. The molecule has 43 heavy (non-hydrogen) atoms. The van der Waals surface area contributed by atoms with Crippen molar-refractivity contribution in [1.29, 1.82) is 0 Å². The Bertz CT molecular complexity index is 1490. The Balaban J connectivity index is 2.28. The highest BCUT2D eigenvalue weighted by atomic mass is 32.1. The molecule has 12 nitrogen and oxygen atoms in total. The van der Waals surface area contributed by atoms with Crippen LogP contribution in [-0.2, 0) is 6.18 Å². The van der Waals surface area contributed by atoms with Gasteiger partial charge in [-0.15, -0.1) is 11.3 Å². The molecule has 0 unspecified atom stereocenters. The molecule has 2 amide bonds. The van der Waals surface area contributed by atoms with Crippen LogP contribution >= 0.6 is 11.3 Å².